The quantitative estimate of drug-likeness (QED) is 0.100. The lowest BCUT2D eigenvalue weighted by molar-refractivity contribution is 0.615. The summed E-state index contributed by atoms with van der Waals surface area (Å²) in [6, 6.07) is 9.40. The summed E-state index contributed by atoms with van der Waals surface area (Å²) in [4.78, 5) is 0. The summed E-state index contributed by atoms with van der Waals surface area (Å²) in [7, 11) is -0.934. The summed E-state index contributed by atoms with van der Waals surface area (Å²) in [5.41, 5.74) is 2.86. The summed E-state index contributed by atoms with van der Waals surface area (Å²) < 4.78 is 0. The van der Waals surface area contributed by atoms with E-state index in [1.165, 1.54) is 127 Å². The molecule has 0 amide bonds. The molecule has 0 aliphatic carbocycles. The molecule has 0 N–H and O–H groups in total. The Kier molecular flexibility index (Phi) is 20.0. The molecule has 0 saturated carbocycles. The van der Waals surface area contributed by atoms with Gasteiger partial charge in [0, 0.05) is 7.26 Å². The van der Waals surface area contributed by atoms with E-state index >= 15 is 0 Å². The van der Waals surface area contributed by atoms with Crippen LogP contribution in [0.25, 0.3) is 6.08 Å². The van der Waals surface area contributed by atoms with Crippen LogP contribution in [-0.2, 0) is 6.16 Å². The third kappa shape index (κ3) is 15.4. The molecule has 0 unspecified atom stereocenters. The van der Waals surface area contributed by atoms with E-state index in [-0.39, 0.29) is 0 Å². The van der Waals surface area contributed by atoms with Crippen LogP contribution < -0.4 is 0 Å². The lowest BCUT2D eigenvalue weighted by Crippen LogP contribution is -2.12. The number of benzene rings is 1. The van der Waals surface area contributed by atoms with E-state index in [0.29, 0.717) is 0 Å². The third-order valence-electron chi connectivity index (χ3n) is 7.69. The SMILES string of the molecule is C=Cc1ccc(C[P+](CCCCCCCC)(CCCCCCCC)CCCCCCCC)cc1. The van der Waals surface area contributed by atoms with Crippen molar-refractivity contribution in [2.45, 2.75) is 143 Å². The van der Waals surface area contributed by atoms with E-state index < -0.39 is 7.26 Å². The van der Waals surface area contributed by atoms with Gasteiger partial charge in [0.2, 0.25) is 0 Å². The zero-order valence-electron chi connectivity index (χ0n) is 23.6. The lowest BCUT2D eigenvalue weighted by atomic mass is 10.1. The maximum Gasteiger partial charge on any atom is 0.0842 e. The van der Waals surface area contributed by atoms with Gasteiger partial charge < -0.3 is 0 Å². The largest absolute Gasteiger partial charge is 0.0985 e. The van der Waals surface area contributed by atoms with E-state index in [1.54, 1.807) is 24.0 Å². The molecule has 0 fully saturated rings. The van der Waals surface area contributed by atoms with Gasteiger partial charge >= 0.3 is 0 Å². The van der Waals surface area contributed by atoms with Crippen LogP contribution in [0.4, 0.5) is 0 Å². The minimum atomic E-state index is -0.934. The molecule has 0 aromatic heterocycles. The van der Waals surface area contributed by atoms with Crippen molar-refractivity contribution in [3.05, 3.63) is 42.0 Å². The van der Waals surface area contributed by atoms with Crippen LogP contribution in [0.2, 0.25) is 0 Å². The number of hydrogen-bond donors (Lipinski definition) is 0. The van der Waals surface area contributed by atoms with Crippen LogP contribution in [-0.4, -0.2) is 18.5 Å². The van der Waals surface area contributed by atoms with Crippen molar-refractivity contribution < 1.29 is 0 Å². The number of hydrogen-bond acceptors (Lipinski definition) is 0. The molecular formula is C33H60P+. The molecular weight excluding hydrogens is 427 g/mol. The van der Waals surface area contributed by atoms with Crippen molar-refractivity contribution >= 4 is 13.3 Å². The average Bonchev–Trinajstić information content (AvgIpc) is 2.86. The molecule has 0 bridgehead atoms. The highest BCUT2D eigenvalue weighted by molar-refractivity contribution is 7.75. The Balaban J connectivity index is 2.81. The van der Waals surface area contributed by atoms with E-state index in [0.717, 1.165) is 0 Å². The predicted octanol–water partition coefficient (Wildman–Crippen LogP) is 11.9. The Hall–Kier alpha value is -0.610. The monoisotopic (exact) mass is 487 g/mol. The first-order chi connectivity index (χ1) is 16.7. The minimum Gasteiger partial charge on any atom is -0.0985 e. The minimum absolute atomic E-state index is 0.934. The summed E-state index contributed by atoms with van der Waals surface area (Å²) in [5, 5.41) is 0. The topological polar surface area (TPSA) is 0 Å². The molecule has 0 heterocycles. The second-order valence-electron chi connectivity index (χ2n) is 10.9. The van der Waals surface area contributed by atoms with Crippen molar-refractivity contribution in [1.82, 2.24) is 0 Å². The first kappa shape index (κ1) is 31.4. The lowest BCUT2D eigenvalue weighted by Gasteiger charge is -2.29. The zero-order valence-corrected chi connectivity index (χ0v) is 24.5. The van der Waals surface area contributed by atoms with Gasteiger partial charge in [-0.2, -0.15) is 0 Å². The summed E-state index contributed by atoms with van der Waals surface area (Å²) in [5.74, 6) is 0. The van der Waals surface area contributed by atoms with Crippen molar-refractivity contribution in [3.8, 4) is 0 Å². The molecule has 1 rings (SSSR count). The van der Waals surface area contributed by atoms with Crippen LogP contribution in [0.1, 0.15) is 147 Å². The van der Waals surface area contributed by atoms with E-state index in [9.17, 15) is 0 Å². The van der Waals surface area contributed by atoms with Crippen LogP contribution in [0, 0.1) is 0 Å². The molecule has 0 radical (unpaired) electrons. The van der Waals surface area contributed by atoms with Gasteiger partial charge in [-0.25, -0.2) is 0 Å². The molecule has 0 saturated heterocycles. The van der Waals surface area contributed by atoms with Gasteiger partial charge in [0.05, 0.1) is 24.6 Å². The van der Waals surface area contributed by atoms with E-state index in [2.05, 4.69) is 51.6 Å². The maximum atomic E-state index is 3.96. The van der Waals surface area contributed by atoms with Gasteiger partial charge in [-0.1, -0.05) is 135 Å². The first-order valence-electron chi connectivity index (χ1n) is 15.3. The van der Waals surface area contributed by atoms with Crippen LogP contribution >= 0.6 is 7.26 Å². The van der Waals surface area contributed by atoms with Gasteiger partial charge in [-0.15, -0.1) is 0 Å². The Morgan fingerprint density at radius 3 is 1.24 bits per heavy atom. The molecule has 0 aliphatic rings. The van der Waals surface area contributed by atoms with E-state index in [1.807, 2.05) is 6.08 Å². The molecule has 1 aromatic carbocycles. The van der Waals surface area contributed by atoms with Crippen molar-refractivity contribution in [3.63, 3.8) is 0 Å². The van der Waals surface area contributed by atoms with Crippen molar-refractivity contribution in [2.75, 3.05) is 18.5 Å². The van der Waals surface area contributed by atoms with Crippen LogP contribution in [0.5, 0.6) is 0 Å². The van der Waals surface area contributed by atoms with Gasteiger partial charge in [0.25, 0.3) is 0 Å². The molecule has 0 spiro atoms. The highest BCUT2D eigenvalue weighted by atomic mass is 31.2. The van der Waals surface area contributed by atoms with Crippen molar-refractivity contribution in [2.24, 2.45) is 0 Å². The van der Waals surface area contributed by atoms with Crippen LogP contribution in [0.15, 0.2) is 30.8 Å². The Bertz CT molecular complexity index is 532. The molecule has 196 valence electrons. The fourth-order valence-corrected chi connectivity index (χ4v) is 10.2. The number of rotatable bonds is 24. The second-order valence-corrected chi connectivity index (χ2v) is 15.3. The molecule has 0 nitrogen and oxygen atoms in total. The first-order valence-corrected chi connectivity index (χ1v) is 17.8. The van der Waals surface area contributed by atoms with Crippen LogP contribution in [0.3, 0.4) is 0 Å². The van der Waals surface area contributed by atoms with Gasteiger partial charge in [0.15, 0.2) is 0 Å². The van der Waals surface area contributed by atoms with Crippen molar-refractivity contribution in [1.29, 1.82) is 0 Å². The van der Waals surface area contributed by atoms with Gasteiger partial charge in [0.1, 0.15) is 0 Å². The normalized spacial score (nSPS) is 11.7. The summed E-state index contributed by atoms with van der Waals surface area (Å²) in [6.07, 6.45) is 33.9. The second kappa shape index (κ2) is 21.7. The fraction of sp³-hybridized carbons (Fsp3) is 0.758. The molecule has 0 aliphatic heterocycles. The highest BCUT2D eigenvalue weighted by Crippen LogP contribution is 2.63. The summed E-state index contributed by atoms with van der Waals surface area (Å²) >= 11 is 0. The number of unbranched alkanes of at least 4 members (excludes halogenated alkanes) is 15. The van der Waals surface area contributed by atoms with Gasteiger partial charge in [-0.3, -0.25) is 0 Å². The summed E-state index contributed by atoms with van der Waals surface area (Å²) in [6.45, 7) is 10.9. The molecule has 0 atom stereocenters. The Morgan fingerprint density at radius 2 is 0.882 bits per heavy atom. The molecule has 1 aromatic rings. The Morgan fingerprint density at radius 1 is 0.529 bits per heavy atom. The predicted molar refractivity (Wildman–Crippen MR) is 162 cm³/mol. The fourth-order valence-electron chi connectivity index (χ4n) is 5.40. The highest BCUT2D eigenvalue weighted by Gasteiger charge is 2.35. The smallest absolute Gasteiger partial charge is 0.0842 e. The molecule has 1 heteroatoms. The zero-order chi connectivity index (χ0) is 24.7. The molecule has 34 heavy (non-hydrogen) atoms. The van der Waals surface area contributed by atoms with E-state index in [4.69, 9.17) is 0 Å². The standard InChI is InChI=1S/C33H60P/c1-5-9-12-15-18-21-28-34(29-22-19-16-13-10-6-2,30-23-20-17-14-11-7-3)31-33-26-24-32(8-4)25-27-33/h8,24-27H,4-7,9-23,28-31H2,1-3H3/q+1. The van der Waals surface area contributed by atoms with Gasteiger partial charge in [-0.05, 0) is 49.7 Å². The average molecular weight is 488 g/mol. The maximum absolute atomic E-state index is 3.96. The third-order valence-corrected chi connectivity index (χ3v) is 12.5. The Labute approximate surface area is 216 Å².